The van der Waals surface area contributed by atoms with Crippen LogP contribution in [0.15, 0.2) is 0 Å². The average molecular weight is 241 g/mol. The maximum atomic E-state index is 3.68. The van der Waals surface area contributed by atoms with Crippen molar-refractivity contribution in [3.05, 3.63) is 0 Å². The number of nitrogens with one attached hydrogen (secondary N) is 1. The van der Waals surface area contributed by atoms with E-state index in [0.29, 0.717) is 5.41 Å². The highest BCUT2D eigenvalue weighted by molar-refractivity contribution is 4.81. The molecule has 0 aliphatic carbocycles. The van der Waals surface area contributed by atoms with Gasteiger partial charge in [0.2, 0.25) is 0 Å². The molecule has 1 nitrogen and oxygen atoms in total. The van der Waals surface area contributed by atoms with Crippen molar-refractivity contribution in [3.63, 3.8) is 0 Å². The molecule has 104 valence electrons. The smallest absolute Gasteiger partial charge is 0.00966 e. The van der Waals surface area contributed by atoms with Gasteiger partial charge < -0.3 is 5.32 Å². The molecule has 0 fully saturated rings. The van der Waals surface area contributed by atoms with E-state index in [1.807, 2.05) is 0 Å². The van der Waals surface area contributed by atoms with Crippen molar-refractivity contribution >= 4 is 0 Å². The van der Waals surface area contributed by atoms with E-state index in [0.717, 1.165) is 18.4 Å². The molecule has 17 heavy (non-hydrogen) atoms. The van der Waals surface area contributed by atoms with Gasteiger partial charge >= 0.3 is 0 Å². The van der Waals surface area contributed by atoms with Crippen LogP contribution >= 0.6 is 0 Å². The Kier molecular flexibility index (Phi) is 6.76. The van der Waals surface area contributed by atoms with E-state index >= 15 is 0 Å². The van der Waals surface area contributed by atoms with Gasteiger partial charge in [0.15, 0.2) is 0 Å². The van der Waals surface area contributed by atoms with Gasteiger partial charge in [-0.2, -0.15) is 0 Å². The Labute approximate surface area is 110 Å². The van der Waals surface area contributed by atoms with E-state index < -0.39 is 0 Å². The van der Waals surface area contributed by atoms with Crippen molar-refractivity contribution in [2.24, 2.45) is 17.3 Å². The van der Waals surface area contributed by atoms with Crippen molar-refractivity contribution in [1.29, 1.82) is 0 Å². The minimum atomic E-state index is 0.234. The third kappa shape index (κ3) is 7.81. The molecule has 1 heteroatoms. The fourth-order valence-electron chi connectivity index (χ4n) is 2.20. The zero-order valence-corrected chi connectivity index (χ0v) is 13.5. The first kappa shape index (κ1) is 17.0. The van der Waals surface area contributed by atoms with Gasteiger partial charge in [0, 0.05) is 5.54 Å². The molecule has 0 radical (unpaired) electrons. The highest BCUT2D eigenvalue weighted by Gasteiger charge is 2.27. The molecule has 0 saturated heterocycles. The Hall–Kier alpha value is -0.0400. The van der Waals surface area contributed by atoms with Crippen molar-refractivity contribution in [1.82, 2.24) is 5.32 Å². The van der Waals surface area contributed by atoms with Crippen LogP contribution in [0.5, 0.6) is 0 Å². The van der Waals surface area contributed by atoms with Gasteiger partial charge in [0.25, 0.3) is 0 Å². The van der Waals surface area contributed by atoms with Crippen LogP contribution in [0.1, 0.15) is 74.7 Å². The number of hydrogen-bond acceptors (Lipinski definition) is 1. The summed E-state index contributed by atoms with van der Waals surface area (Å²) in [6.45, 7) is 19.7. The van der Waals surface area contributed by atoms with E-state index in [2.05, 4.69) is 60.7 Å². The van der Waals surface area contributed by atoms with Crippen molar-refractivity contribution in [2.45, 2.75) is 80.2 Å². The Bertz CT molecular complexity index is 191. The molecular formula is C16H35N. The molecule has 0 bridgehead atoms. The molecule has 0 saturated carbocycles. The highest BCUT2D eigenvalue weighted by atomic mass is 14.9. The van der Waals surface area contributed by atoms with Crippen molar-refractivity contribution in [3.8, 4) is 0 Å². The third-order valence-electron chi connectivity index (χ3n) is 3.88. The summed E-state index contributed by atoms with van der Waals surface area (Å²) in [5.41, 5.74) is 0.637. The summed E-state index contributed by atoms with van der Waals surface area (Å²) in [5, 5.41) is 3.68. The Balaban J connectivity index is 4.45. The molecule has 0 aromatic rings. The second-order valence-corrected chi connectivity index (χ2v) is 7.61. The largest absolute Gasteiger partial charge is 0.312 e. The molecule has 0 heterocycles. The van der Waals surface area contributed by atoms with Gasteiger partial charge in [-0.05, 0) is 51.0 Å². The fourth-order valence-corrected chi connectivity index (χ4v) is 2.20. The van der Waals surface area contributed by atoms with Crippen molar-refractivity contribution in [2.75, 3.05) is 6.54 Å². The van der Waals surface area contributed by atoms with Crippen molar-refractivity contribution < 1.29 is 0 Å². The Morgan fingerprint density at radius 1 is 0.882 bits per heavy atom. The van der Waals surface area contributed by atoms with Crippen LogP contribution in [-0.4, -0.2) is 12.1 Å². The van der Waals surface area contributed by atoms with Crippen LogP contribution < -0.4 is 5.32 Å². The molecule has 1 N–H and O–H groups in total. The lowest BCUT2D eigenvalue weighted by atomic mass is 9.74. The Morgan fingerprint density at radius 3 is 1.65 bits per heavy atom. The van der Waals surface area contributed by atoms with Gasteiger partial charge in [-0.25, -0.2) is 0 Å². The molecule has 0 aromatic carbocycles. The summed E-state index contributed by atoms with van der Waals surface area (Å²) in [7, 11) is 0. The van der Waals surface area contributed by atoms with Gasteiger partial charge in [-0.1, -0.05) is 47.5 Å². The van der Waals surface area contributed by atoms with E-state index in [1.165, 1.54) is 19.3 Å². The summed E-state index contributed by atoms with van der Waals surface area (Å²) < 4.78 is 0. The standard InChI is InChI=1S/C16H35N/c1-9-13(10-2)11-14(15(3,4)5)12-17-16(6,7)8/h13-14,17H,9-12H2,1-8H3. The predicted octanol–water partition coefficient (Wildman–Crippen LogP) is 4.86. The summed E-state index contributed by atoms with van der Waals surface area (Å²) in [6.07, 6.45) is 4.00. The number of hydrogen-bond donors (Lipinski definition) is 1. The fraction of sp³-hybridized carbons (Fsp3) is 1.00. The van der Waals surface area contributed by atoms with Crippen LogP contribution in [0, 0.1) is 17.3 Å². The van der Waals surface area contributed by atoms with Crippen LogP contribution in [0.3, 0.4) is 0 Å². The quantitative estimate of drug-likeness (QED) is 0.700. The summed E-state index contributed by atoms with van der Waals surface area (Å²) >= 11 is 0. The molecule has 1 atom stereocenters. The van der Waals surface area contributed by atoms with E-state index in [1.54, 1.807) is 0 Å². The second kappa shape index (κ2) is 6.78. The minimum Gasteiger partial charge on any atom is -0.312 e. The lowest BCUT2D eigenvalue weighted by molar-refractivity contribution is 0.174. The monoisotopic (exact) mass is 241 g/mol. The lowest BCUT2D eigenvalue weighted by Gasteiger charge is -2.36. The first-order chi connectivity index (χ1) is 7.60. The maximum absolute atomic E-state index is 3.68. The van der Waals surface area contributed by atoms with Crippen LogP contribution in [0.4, 0.5) is 0 Å². The first-order valence-electron chi connectivity index (χ1n) is 7.35. The zero-order chi connectivity index (χ0) is 13.7. The molecule has 0 spiro atoms. The van der Waals surface area contributed by atoms with Gasteiger partial charge in [-0.3, -0.25) is 0 Å². The second-order valence-electron chi connectivity index (χ2n) is 7.61. The van der Waals surface area contributed by atoms with E-state index in [-0.39, 0.29) is 5.54 Å². The summed E-state index contributed by atoms with van der Waals surface area (Å²) in [6, 6.07) is 0. The van der Waals surface area contributed by atoms with Gasteiger partial charge in [0.05, 0.1) is 0 Å². The first-order valence-corrected chi connectivity index (χ1v) is 7.35. The van der Waals surface area contributed by atoms with Crippen LogP contribution in [0.25, 0.3) is 0 Å². The summed E-state index contributed by atoms with van der Waals surface area (Å²) in [4.78, 5) is 0. The number of rotatable bonds is 6. The van der Waals surface area contributed by atoms with Gasteiger partial charge in [-0.15, -0.1) is 0 Å². The van der Waals surface area contributed by atoms with E-state index in [4.69, 9.17) is 0 Å². The normalized spacial score (nSPS) is 15.4. The molecule has 0 rings (SSSR count). The predicted molar refractivity (Wildman–Crippen MR) is 79.4 cm³/mol. The van der Waals surface area contributed by atoms with Gasteiger partial charge in [0.1, 0.15) is 0 Å². The molecule has 0 amide bonds. The van der Waals surface area contributed by atoms with Crippen LogP contribution in [0.2, 0.25) is 0 Å². The SMILES string of the molecule is CCC(CC)CC(CNC(C)(C)C)C(C)(C)C. The van der Waals surface area contributed by atoms with E-state index in [9.17, 15) is 0 Å². The zero-order valence-electron chi connectivity index (χ0n) is 13.5. The highest BCUT2D eigenvalue weighted by Crippen LogP contribution is 2.33. The topological polar surface area (TPSA) is 12.0 Å². The maximum Gasteiger partial charge on any atom is 0.00966 e. The molecular weight excluding hydrogens is 206 g/mol. The lowest BCUT2D eigenvalue weighted by Crippen LogP contribution is -2.42. The summed E-state index contributed by atoms with van der Waals surface area (Å²) in [5.74, 6) is 1.66. The van der Waals surface area contributed by atoms with Crippen LogP contribution in [-0.2, 0) is 0 Å². The molecule has 0 aromatic heterocycles. The minimum absolute atomic E-state index is 0.234. The third-order valence-corrected chi connectivity index (χ3v) is 3.88. The molecule has 0 aliphatic heterocycles. The Morgan fingerprint density at radius 2 is 1.35 bits per heavy atom. The average Bonchev–Trinajstić information content (AvgIpc) is 2.14. The molecule has 1 unspecified atom stereocenters. The molecule has 0 aliphatic rings.